The number of hydrogen-bond acceptors (Lipinski definition) is 2. The number of hydrogen-bond donors (Lipinski definition) is 3. The van der Waals surface area contributed by atoms with Crippen LogP contribution in [0.3, 0.4) is 0 Å². The molecule has 0 fully saturated rings. The van der Waals surface area contributed by atoms with Crippen molar-refractivity contribution < 1.29 is 9.18 Å². The maximum Gasteiger partial charge on any atom is 0.272 e. The lowest BCUT2D eigenvalue weighted by molar-refractivity contribution is 0.0940. The minimum Gasteiger partial charge on any atom is -0.331 e. The van der Waals surface area contributed by atoms with E-state index in [1.807, 2.05) is 31.2 Å². The van der Waals surface area contributed by atoms with Crippen molar-refractivity contribution in [3.63, 3.8) is 0 Å². The first kappa shape index (κ1) is 15.9. The molecule has 0 spiro atoms. The number of anilines is 1. The van der Waals surface area contributed by atoms with E-state index in [4.69, 9.17) is 12.2 Å². The quantitative estimate of drug-likeness (QED) is 0.602. The third-order valence-corrected chi connectivity index (χ3v) is 3.26. The van der Waals surface area contributed by atoms with Crippen molar-refractivity contribution in [2.75, 3.05) is 5.32 Å². The van der Waals surface area contributed by atoms with Gasteiger partial charge < -0.3 is 5.32 Å². The molecular formula is C16H16FN3OS. The van der Waals surface area contributed by atoms with E-state index >= 15 is 0 Å². The zero-order valence-corrected chi connectivity index (χ0v) is 12.8. The Bertz CT molecular complexity index is 691. The highest BCUT2D eigenvalue weighted by Crippen LogP contribution is 2.15. The van der Waals surface area contributed by atoms with Crippen LogP contribution in [-0.4, -0.2) is 11.0 Å². The van der Waals surface area contributed by atoms with Gasteiger partial charge in [-0.15, -0.1) is 0 Å². The van der Waals surface area contributed by atoms with Gasteiger partial charge in [0.05, 0.1) is 5.56 Å². The molecule has 0 heterocycles. The average Bonchev–Trinajstić information content (AvgIpc) is 2.53. The fourth-order valence-corrected chi connectivity index (χ4v) is 2.09. The lowest BCUT2D eigenvalue weighted by Gasteiger charge is -2.14. The molecule has 0 aliphatic rings. The molecule has 6 heteroatoms. The van der Waals surface area contributed by atoms with Crippen LogP contribution >= 0.6 is 12.2 Å². The van der Waals surface area contributed by atoms with Gasteiger partial charge in [0.25, 0.3) is 5.91 Å². The zero-order chi connectivity index (χ0) is 15.9. The maximum atomic E-state index is 13.5. The summed E-state index contributed by atoms with van der Waals surface area (Å²) in [6.45, 7) is 2.04. The molecule has 0 atom stereocenters. The van der Waals surface area contributed by atoms with Gasteiger partial charge in [0, 0.05) is 5.69 Å². The highest BCUT2D eigenvalue weighted by atomic mass is 32.1. The second-order valence-corrected chi connectivity index (χ2v) is 4.93. The summed E-state index contributed by atoms with van der Waals surface area (Å²) in [6, 6.07) is 13.5. The highest BCUT2D eigenvalue weighted by Gasteiger charge is 2.10. The molecule has 2 aromatic carbocycles. The third-order valence-electron chi connectivity index (χ3n) is 3.05. The summed E-state index contributed by atoms with van der Waals surface area (Å²) in [7, 11) is 0. The Balaban J connectivity index is 1.93. The summed E-state index contributed by atoms with van der Waals surface area (Å²) >= 11 is 5.11. The van der Waals surface area contributed by atoms with Gasteiger partial charge in [0.1, 0.15) is 5.82 Å². The molecule has 3 N–H and O–H groups in total. The number of rotatable bonds is 3. The van der Waals surface area contributed by atoms with Crippen LogP contribution < -0.4 is 16.2 Å². The number of hydrazine groups is 1. The summed E-state index contributed by atoms with van der Waals surface area (Å²) in [6.07, 6.45) is 0.855. The van der Waals surface area contributed by atoms with Gasteiger partial charge in [-0.05, 0) is 42.4 Å². The number of nitrogens with one attached hydrogen (secondary N) is 3. The summed E-state index contributed by atoms with van der Waals surface area (Å²) in [5, 5.41) is 3.22. The molecule has 0 aromatic heterocycles. The van der Waals surface area contributed by atoms with E-state index in [-0.39, 0.29) is 10.7 Å². The monoisotopic (exact) mass is 317 g/mol. The Morgan fingerprint density at radius 2 is 1.77 bits per heavy atom. The van der Waals surface area contributed by atoms with Gasteiger partial charge in [-0.3, -0.25) is 15.6 Å². The number of para-hydroxylation sites is 1. The van der Waals surface area contributed by atoms with E-state index in [2.05, 4.69) is 16.2 Å². The first-order valence-electron chi connectivity index (χ1n) is 6.81. The summed E-state index contributed by atoms with van der Waals surface area (Å²) in [5.74, 6) is -1.18. The third kappa shape index (κ3) is 4.02. The maximum absolute atomic E-state index is 13.5. The number of halogens is 1. The number of amides is 1. The number of carbonyl (C=O) groups is 1. The first-order valence-corrected chi connectivity index (χ1v) is 7.22. The van der Waals surface area contributed by atoms with E-state index in [1.165, 1.54) is 18.2 Å². The van der Waals surface area contributed by atoms with Crippen molar-refractivity contribution in [3.8, 4) is 0 Å². The van der Waals surface area contributed by atoms with Crippen molar-refractivity contribution in [2.24, 2.45) is 0 Å². The van der Waals surface area contributed by atoms with Gasteiger partial charge in [0.15, 0.2) is 5.11 Å². The molecule has 0 bridgehead atoms. The van der Waals surface area contributed by atoms with E-state index in [9.17, 15) is 9.18 Å². The van der Waals surface area contributed by atoms with Crippen LogP contribution in [0.2, 0.25) is 0 Å². The Morgan fingerprint density at radius 1 is 1.09 bits per heavy atom. The lowest BCUT2D eigenvalue weighted by Crippen LogP contribution is -2.44. The Morgan fingerprint density at radius 3 is 2.50 bits per heavy atom. The van der Waals surface area contributed by atoms with Gasteiger partial charge in [-0.2, -0.15) is 0 Å². The van der Waals surface area contributed by atoms with Crippen LogP contribution in [-0.2, 0) is 6.42 Å². The molecule has 0 unspecified atom stereocenters. The Kier molecular flexibility index (Phi) is 5.43. The molecule has 22 heavy (non-hydrogen) atoms. The Labute approximate surface area is 133 Å². The lowest BCUT2D eigenvalue weighted by atomic mass is 10.1. The second-order valence-electron chi connectivity index (χ2n) is 4.52. The molecule has 1 amide bonds. The molecule has 0 aliphatic carbocycles. The molecule has 0 radical (unpaired) electrons. The SMILES string of the molecule is CCc1ccccc1NC(=S)NNC(=O)c1ccccc1F. The van der Waals surface area contributed by atoms with Crippen LogP contribution in [0.5, 0.6) is 0 Å². The van der Waals surface area contributed by atoms with E-state index in [0.717, 1.165) is 17.7 Å². The minimum absolute atomic E-state index is 0.0493. The summed E-state index contributed by atoms with van der Waals surface area (Å²) < 4.78 is 13.5. The van der Waals surface area contributed by atoms with Crippen molar-refractivity contribution in [3.05, 3.63) is 65.5 Å². The Hall–Kier alpha value is -2.47. The van der Waals surface area contributed by atoms with Gasteiger partial charge in [-0.1, -0.05) is 37.3 Å². The smallest absolute Gasteiger partial charge is 0.272 e. The van der Waals surface area contributed by atoms with Crippen molar-refractivity contribution >= 4 is 28.9 Å². The predicted molar refractivity (Wildman–Crippen MR) is 89.0 cm³/mol. The molecule has 0 aliphatic heterocycles. The largest absolute Gasteiger partial charge is 0.331 e. The molecule has 0 saturated carbocycles. The predicted octanol–water partition coefficient (Wildman–Crippen LogP) is 3.02. The normalized spacial score (nSPS) is 9.91. The number of aryl methyl sites for hydroxylation is 1. The molecular weight excluding hydrogens is 301 g/mol. The van der Waals surface area contributed by atoms with Crippen LogP contribution in [0.4, 0.5) is 10.1 Å². The number of carbonyl (C=O) groups excluding carboxylic acids is 1. The molecule has 2 aromatic rings. The van der Waals surface area contributed by atoms with E-state index in [1.54, 1.807) is 6.07 Å². The zero-order valence-electron chi connectivity index (χ0n) is 12.0. The van der Waals surface area contributed by atoms with Crippen molar-refractivity contribution in [1.82, 2.24) is 10.9 Å². The molecule has 4 nitrogen and oxygen atoms in total. The number of thiocarbonyl (C=S) groups is 1. The van der Waals surface area contributed by atoms with E-state index in [0.29, 0.717) is 0 Å². The van der Waals surface area contributed by atoms with Crippen molar-refractivity contribution in [1.29, 1.82) is 0 Å². The van der Waals surface area contributed by atoms with Gasteiger partial charge in [-0.25, -0.2) is 4.39 Å². The summed E-state index contributed by atoms with van der Waals surface area (Å²) in [5.41, 5.74) is 6.84. The van der Waals surface area contributed by atoms with E-state index < -0.39 is 11.7 Å². The number of benzene rings is 2. The van der Waals surface area contributed by atoms with Crippen LogP contribution in [0.15, 0.2) is 48.5 Å². The molecule has 114 valence electrons. The molecule has 0 saturated heterocycles. The first-order chi connectivity index (χ1) is 10.6. The average molecular weight is 317 g/mol. The molecule has 2 rings (SSSR count). The van der Waals surface area contributed by atoms with Gasteiger partial charge >= 0.3 is 0 Å². The summed E-state index contributed by atoms with van der Waals surface area (Å²) in [4.78, 5) is 11.8. The fourth-order valence-electron chi connectivity index (χ4n) is 1.93. The van der Waals surface area contributed by atoms with Gasteiger partial charge in [0.2, 0.25) is 0 Å². The van der Waals surface area contributed by atoms with Crippen LogP contribution in [0.1, 0.15) is 22.8 Å². The minimum atomic E-state index is -0.592. The van der Waals surface area contributed by atoms with Crippen molar-refractivity contribution in [2.45, 2.75) is 13.3 Å². The topological polar surface area (TPSA) is 53.2 Å². The second kappa shape index (κ2) is 7.51. The van der Waals surface area contributed by atoms with Crippen LogP contribution in [0, 0.1) is 5.82 Å². The highest BCUT2D eigenvalue weighted by molar-refractivity contribution is 7.80. The fraction of sp³-hybridized carbons (Fsp3) is 0.125. The standard InChI is InChI=1S/C16H16FN3OS/c1-2-11-7-3-6-10-14(11)18-16(22)20-19-15(21)12-8-4-5-9-13(12)17/h3-10H,2H2,1H3,(H,19,21)(H2,18,20,22). The van der Waals surface area contributed by atoms with Crippen LogP contribution in [0.25, 0.3) is 0 Å².